The van der Waals surface area contributed by atoms with E-state index in [0.717, 1.165) is 12.3 Å². The molecule has 0 saturated carbocycles. The number of nitrogens with one attached hydrogen (secondary N) is 1. The number of hydrogen-bond acceptors (Lipinski definition) is 10. The molecule has 0 atom stereocenters. The minimum Gasteiger partial charge on any atom is -0.493 e. The number of anilines is 2. The Hall–Kier alpha value is -3.87. The van der Waals surface area contributed by atoms with Crippen molar-refractivity contribution in [3.05, 3.63) is 36.1 Å². The van der Waals surface area contributed by atoms with E-state index < -0.39 is 21.3 Å². The van der Waals surface area contributed by atoms with Gasteiger partial charge in [0.15, 0.2) is 21.3 Å². The fourth-order valence-corrected chi connectivity index (χ4v) is 4.79. The van der Waals surface area contributed by atoms with Crippen molar-refractivity contribution in [3.8, 4) is 17.4 Å². The maximum Gasteiger partial charge on any atom is 0.410 e. The molecule has 2 heterocycles. The first-order valence-corrected chi connectivity index (χ1v) is 14.5. The molecule has 0 unspecified atom stereocenters. The zero-order chi connectivity index (χ0) is 29.2. The summed E-state index contributed by atoms with van der Waals surface area (Å²) in [4.78, 5) is 23.0. The van der Waals surface area contributed by atoms with Crippen molar-refractivity contribution in [2.75, 3.05) is 38.9 Å². The Labute approximate surface area is 232 Å². The molecule has 216 valence electrons. The highest BCUT2D eigenvalue weighted by Crippen LogP contribution is 2.37. The SMILES string of the molecule is COc1cc2nc(Nc3ccc(S(C)(=O)=O)cc3F)nc(OC3CCN(C(=O)OC(C)(C)C)CC3)c2cc1OC. The van der Waals surface area contributed by atoms with E-state index in [1.807, 2.05) is 20.8 Å². The first-order valence-electron chi connectivity index (χ1n) is 12.6. The lowest BCUT2D eigenvalue weighted by molar-refractivity contribution is 0.0124. The lowest BCUT2D eigenvalue weighted by Crippen LogP contribution is -2.44. The maximum absolute atomic E-state index is 14.8. The highest BCUT2D eigenvalue weighted by Gasteiger charge is 2.28. The molecule has 11 nitrogen and oxygen atoms in total. The average Bonchev–Trinajstić information content (AvgIpc) is 2.88. The zero-order valence-corrected chi connectivity index (χ0v) is 24.1. The third-order valence-corrected chi connectivity index (χ3v) is 7.26. The van der Waals surface area contributed by atoms with E-state index >= 15 is 0 Å². The molecule has 0 bridgehead atoms. The summed E-state index contributed by atoms with van der Waals surface area (Å²) in [6.07, 6.45) is 1.46. The molecule has 2 aromatic carbocycles. The Morgan fingerprint density at radius 1 is 1.05 bits per heavy atom. The van der Waals surface area contributed by atoms with Crippen LogP contribution in [0.5, 0.6) is 17.4 Å². The van der Waals surface area contributed by atoms with E-state index in [0.29, 0.717) is 48.3 Å². The van der Waals surface area contributed by atoms with Gasteiger partial charge in [0.1, 0.15) is 17.5 Å². The van der Waals surface area contributed by atoms with Crippen LogP contribution in [0.1, 0.15) is 33.6 Å². The molecule has 1 saturated heterocycles. The zero-order valence-electron chi connectivity index (χ0n) is 23.3. The molecule has 3 aromatic rings. The lowest BCUT2D eigenvalue weighted by atomic mass is 10.1. The number of sulfone groups is 1. The lowest BCUT2D eigenvalue weighted by Gasteiger charge is -2.33. The molecular formula is C27H33FN4O7S. The molecule has 1 aliphatic heterocycles. The Morgan fingerprint density at radius 3 is 2.27 bits per heavy atom. The first-order chi connectivity index (χ1) is 18.8. The summed E-state index contributed by atoms with van der Waals surface area (Å²) in [7, 11) is -0.568. The number of carbonyl (C=O) groups is 1. The number of aromatic nitrogens is 2. The first kappa shape index (κ1) is 29.1. The fraction of sp³-hybridized carbons (Fsp3) is 0.444. The van der Waals surface area contributed by atoms with E-state index in [2.05, 4.69) is 15.3 Å². The summed E-state index contributed by atoms with van der Waals surface area (Å²) in [6.45, 7) is 6.36. The summed E-state index contributed by atoms with van der Waals surface area (Å²) in [5.74, 6) is 0.367. The van der Waals surface area contributed by atoms with Gasteiger partial charge in [-0.25, -0.2) is 22.6 Å². The van der Waals surface area contributed by atoms with Crippen LogP contribution >= 0.6 is 0 Å². The number of carbonyl (C=O) groups excluding carboxylic acids is 1. The van der Waals surface area contributed by atoms with Gasteiger partial charge >= 0.3 is 6.09 Å². The number of methoxy groups -OCH3 is 2. The van der Waals surface area contributed by atoms with Crippen LogP contribution < -0.4 is 19.5 Å². The quantitative estimate of drug-likeness (QED) is 0.422. The van der Waals surface area contributed by atoms with Gasteiger partial charge in [0, 0.05) is 38.3 Å². The van der Waals surface area contributed by atoms with E-state index in [-0.39, 0.29) is 34.6 Å². The van der Waals surface area contributed by atoms with Gasteiger partial charge in [-0.3, -0.25) is 0 Å². The molecule has 1 aromatic heterocycles. The third-order valence-electron chi connectivity index (χ3n) is 6.15. The van der Waals surface area contributed by atoms with E-state index in [4.69, 9.17) is 18.9 Å². The van der Waals surface area contributed by atoms with Gasteiger partial charge in [-0.15, -0.1) is 0 Å². The molecule has 1 N–H and O–H groups in total. The predicted molar refractivity (Wildman–Crippen MR) is 147 cm³/mol. The van der Waals surface area contributed by atoms with Crippen molar-refractivity contribution in [3.63, 3.8) is 0 Å². The molecule has 1 aliphatic rings. The maximum atomic E-state index is 14.8. The topological polar surface area (TPSA) is 129 Å². The van der Waals surface area contributed by atoms with Crippen LogP contribution in [0.15, 0.2) is 35.2 Å². The minimum atomic E-state index is -3.58. The van der Waals surface area contributed by atoms with E-state index in [9.17, 15) is 17.6 Å². The number of rotatable bonds is 7. The van der Waals surface area contributed by atoms with Crippen molar-refractivity contribution in [1.29, 1.82) is 0 Å². The number of likely N-dealkylation sites (tertiary alicyclic amines) is 1. The second-order valence-electron chi connectivity index (χ2n) is 10.4. The molecular weight excluding hydrogens is 543 g/mol. The summed E-state index contributed by atoms with van der Waals surface area (Å²) in [5.41, 5.74) is -0.147. The third kappa shape index (κ3) is 6.82. The molecule has 0 aliphatic carbocycles. The second kappa shape index (κ2) is 11.3. The normalized spacial score (nSPS) is 14.6. The van der Waals surface area contributed by atoms with Gasteiger partial charge in [0.05, 0.1) is 35.7 Å². The van der Waals surface area contributed by atoms with Gasteiger partial charge < -0.3 is 29.2 Å². The summed E-state index contributed by atoms with van der Waals surface area (Å²) in [5, 5.41) is 3.36. The van der Waals surface area contributed by atoms with Crippen LogP contribution in [0, 0.1) is 5.82 Å². The Balaban J connectivity index is 1.63. The summed E-state index contributed by atoms with van der Waals surface area (Å²) < 4.78 is 61.0. The number of fused-ring (bicyclic) bond motifs is 1. The standard InChI is InChI=1S/C27H33FN4O7S/c1-27(2,3)39-26(33)32-11-9-16(10-12-32)38-24-18-14-22(36-4)23(37-5)15-21(18)30-25(31-24)29-20-8-7-17(13-19(20)28)40(6,34)35/h7-8,13-16H,9-12H2,1-6H3,(H,29,30,31). The largest absolute Gasteiger partial charge is 0.493 e. The van der Waals surface area contributed by atoms with Gasteiger partial charge in [-0.05, 0) is 45.0 Å². The number of nitrogens with zero attached hydrogens (tertiary/aromatic N) is 3. The van der Waals surface area contributed by atoms with Crippen molar-refractivity contribution in [2.24, 2.45) is 0 Å². The van der Waals surface area contributed by atoms with Gasteiger partial charge in [0.2, 0.25) is 11.8 Å². The fourth-order valence-electron chi connectivity index (χ4n) is 4.16. The van der Waals surface area contributed by atoms with E-state index in [1.54, 1.807) is 17.0 Å². The number of piperidine rings is 1. The smallest absolute Gasteiger partial charge is 0.410 e. The number of benzene rings is 2. The molecule has 0 spiro atoms. The van der Waals surface area contributed by atoms with Gasteiger partial charge in [-0.2, -0.15) is 4.98 Å². The van der Waals surface area contributed by atoms with Crippen LogP contribution in [0.2, 0.25) is 0 Å². The number of ether oxygens (including phenoxy) is 4. The van der Waals surface area contributed by atoms with Crippen LogP contribution in [0.25, 0.3) is 10.9 Å². The molecule has 0 radical (unpaired) electrons. The Morgan fingerprint density at radius 2 is 1.70 bits per heavy atom. The Kier molecular flexibility index (Phi) is 8.24. The van der Waals surface area contributed by atoms with Crippen LogP contribution in [0.3, 0.4) is 0 Å². The molecule has 13 heteroatoms. The number of amides is 1. The molecule has 1 amide bonds. The Bertz CT molecular complexity index is 1520. The van der Waals surface area contributed by atoms with Crippen molar-refractivity contribution >= 4 is 38.5 Å². The number of halogens is 1. The molecule has 4 rings (SSSR count). The monoisotopic (exact) mass is 576 g/mol. The second-order valence-corrected chi connectivity index (χ2v) is 12.4. The van der Waals surface area contributed by atoms with Crippen LogP contribution in [-0.2, 0) is 14.6 Å². The summed E-state index contributed by atoms with van der Waals surface area (Å²) in [6, 6.07) is 6.89. The van der Waals surface area contributed by atoms with Crippen molar-refractivity contribution < 1.29 is 36.6 Å². The number of hydrogen-bond donors (Lipinski definition) is 1. The van der Waals surface area contributed by atoms with E-state index in [1.165, 1.54) is 26.4 Å². The van der Waals surface area contributed by atoms with Gasteiger partial charge in [0.25, 0.3) is 0 Å². The van der Waals surface area contributed by atoms with Crippen molar-refractivity contribution in [2.45, 2.75) is 50.2 Å². The average molecular weight is 577 g/mol. The van der Waals surface area contributed by atoms with Crippen LogP contribution in [-0.4, -0.2) is 74.6 Å². The van der Waals surface area contributed by atoms with Gasteiger partial charge in [-0.1, -0.05) is 0 Å². The summed E-state index contributed by atoms with van der Waals surface area (Å²) >= 11 is 0. The van der Waals surface area contributed by atoms with Crippen molar-refractivity contribution in [1.82, 2.24) is 14.9 Å². The predicted octanol–water partition coefficient (Wildman–Crippen LogP) is 4.71. The minimum absolute atomic E-state index is 0.0103. The molecule has 40 heavy (non-hydrogen) atoms. The highest BCUT2D eigenvalue weighted by atomic mass is 32.2. The highest BCUT2D eigenvalue weighted by molar-refractivity contribution is 7.90. The van der Waals surface area contributed by atoms with Crippen LogP contribution in [0.4, 0.5) is 20.8 Å². The molecule has 1 fully saturated rings.